The molecule has 8 aliphatic heterocycles. The maximum atomic E-state index is 16.4. The molecule has 51 atom stereocenters. The highest BCUT2D eigenvalue weighted by Gasteiger charge is 2.74. The molecule has 0 radical (unpaired) electrons. The summed E-state index contributed by atoms with van der Waals surface area (Å²) in [6.45, 7) is 20.1. The van der Waals surface area contributed by atoms with Gasteiger partial charge in [0.1, 0.15) is 145 Å². The quantitative estimate of drug-likeness (QED) is 0.00939. The number of aldehydes is 1. The number of fused-ring (bicyclic) bond motifs is 7. The first-order chi connectivity index (χ1) is 64.8. The molecule has 138 heavy (non-hydrogen) atoms. The molecule has 13 aliphatic rings. The van der Waals surface area contributed by atoms with Crippen molar-refractivity contribution in [1.29, 1.82) is 0 Å². The van der Waals surface area contributed by atoms with Crippen molar-refractivity contribution in [1.82, 2.24) is 0 Å². The van der Waals surface area contributed by atoms with Gasteiger partial charge in [-0.05, 0) is 129 Å². The molecule has 22 N–H and O–H groups in total. The number of allylic oxidation sites excluding steroid dienone is 2. The summed E-state index contributed by atoms with van der Waals surface area (Å²) in [5.41, 5.74) is -7.66. The van der Waals surface area contributed by atoms with E-state index in [9.17, 15) is 132 Å². The predicted molar refractivity (Wildman–Crippen MR) is 461 cm³/mol. The normalized spacial score (nSPS) is 48.7. The first-order valence-corrected chi connectivity index (χ1v) is 48.7. The lowest BCUT2D eigenvalue weighted by molar-refractivity contribution is -0.391. The number of carboxylic acid groups (broad SMARTS) is 1. The lowest BCUT2D eigenvalue weighted by atomic mass is 9.33. The molecule has 45 nitrogen and oxygen atoms in total. The van der Waals surface area contributed by atoms with E-state index in [-0.39, 0.29) is 43.9 Å². The molecule has 8 heterocycles. The number of rotatable bonds is 35. The van der Waals surface area contributed by atoms with Crippen LogP contribution in [0, 0.1) is 62.1 Å². The minimum atomic E-state index is -2.26. The number of esters is 3. The summed E-state index contributed by atoms with van der Waals surface area (Å²) in [5, 5.41) is 247. The van der Waals surface area contributed by atoms with E-state index >= 15 is 4.79 Å². The molecule has 17 unspecified atom stereocenters. The van der Waals surface area contributed by atoms with E-state index in [0.717, 1.165) is 11.9 Å². The number of hydrogen-bond donors (Lipinski definition) is 22. The average Bonchev–Trinajstić information content (AvgIpc) is 0.692. The topological polar surface area (TPSA) is 697 Å². The molecule has 0 aromatic rings. The highest BCUT2D eigenvalue weighted by Crippen LogP contribution is 2.76. The molecule has 0 aromatic carbocycles. The summed E-state index contributed by atoms with van der Waals surface area (Å²) in [7, 11) is 0. The molecule has 0 spiro atoms. The van der Waals surface area contributed by atoms with Crippen LogP contribution in [0.3, 0.4) is 0 Å². The Bertz CT molecular complexity index is 4100. The fourth-order valence-corrected chi connectivity index (χ4v) is 24.3. The molecule has 45 heteroatoms. The third-order valence-electron chi connectivity index (χ3n) is 33.5. The van der Waals surface area contributed by atoms with Crippen LogP contribution in [0.4, 0.5) is 0 Å². The Morgan fingerprint density at radius 3 is 1.71 bits per heavy atom. The van der Waals surface area contributed by atoms with Crippen molar-refractivity contribution in [2.45, 2.75) is 444 Å². The van der Waals surface area contributed by atoms with E-state index in [1.165, 1.54) is 13.8 Å². The summed E-state index contributed by atoms with van der Waals surface area (Å²) < 4.78 is 109. The largest absolute Gasteiger partial charge is 0.479 e. The Hall–Kier alpha value is -4.15. The van der Waals surface area contributed by atoms with E-state index < -0.39 is 371 Å². The first-order valence-electron chi connectivity index (χ1n) is 48.7. The third-order valence-corrected chi connectivity index (χ3v) is 33.5. The second-order valence-corrected chi connectivity index (χ2v) is 42.8. The smallest absolute Gasteiger partial charge is 0.335 e. The molecule has 4 saturated carbocycles. The highest BCUT2D eigenvalue weighted by atomic mass is 16.8. The average molecular weight is 1990 g/mol. The lowest BCUT2D eigenvalue weighted by Crippen LogP contribution is -2.69. The number of aliphatic carboxylic acids is 1. The second kappa shape index (κ2) is 44.1. The zero-order valence-corrected chi connectivity index (χ0v) is 80.2. The van der Waals surface area contributed by atoms with Crippen molar-refractivity contribution in [3.63, 3.8) is 0 Å². The van der Waals surface area contributed by atoms with Gasteiger partial charge in [0.2, 0.25) is 6.29 Å². The van der Waals surface area contributed by atoms with Crippen molar-refractivity contribution in [2.24, 2.45) is 62.1 Å². The maximum absolute atomic E-state index is 16.4. The number of carbonyl (C=O) groups is 5. The van der Waals surface area contributed by atoms with Crippen molar-refractivity contribution in [2.75, 3.05) is 33.0 Å². The zero-order valence-electron chi connectivity index (χ0n) is 80.2. The number of aliphatic hydroxyl groups excluding tert-OH is 20. The van der Waals surface area contributed by atoms with Crippen LogP contribution in [0.2, 0.25) is 0 Å². The van der Waals surface area contributed by atoms with Gasteiger partial charge < -0.3 is 202 Å². The van der Waals surface area contributed by atoms with Crippen LogP contribution in [0.15, 0.2) is 11.6 Å². The minimum Gasteiger partial charge on any atom is -0.479 e. The van der Waals surface area contributed by atoms with Gasteiger partial charge >= 0.3 is 23.9 Å². The second-order valence-electron chi connectivity index (χ2n) is 42.8. The Morgan fingerprint density at radius 1 is 0.514 bits per heavy atom. The summed E-state index contributed by atoms with van der Waals surface area (Å²) in [6, 6.07) is 0. The van der Waals surface area contributed by atoms with E-state index in [1.54, 1.807) is 27.7 Å². The van der Waals surface area contributed by atoms with E-state index in [0.29, 0.717) is 57.8 Å². The van der Waals surface area contributed by atoms with Crippen molar-refractivity contribution >= 4 is 30.2 Å². The van der Waals surface area contributed by atoms with Crippen LogP contribution in [0.1, 0.15) is 193 Å². The van der Waals surface area contributed by atoms with Gasteiger partial charge in [-0.25, -0.2) is 4.79 Å². The Balaban J connectivity index is 0.748. The molecule has 0 amide bonds. The van der Waals surface area contributed by atoms with E-state index in [4.69, 9.17) is 85.3 Å². The maximum Gasteiger partial charge on any atom is 0.335 e. The monoisotopic (exact) mass is 1990 g/mol. The van der Waals surface area contributed by atoms with Gasteiger partial charge in [0.15, 0.2) is 62.3 Å². The predicted octanol–water partition coefficient (Wildman–Crippen LogP) is -4.27. The molecule has 792 valence electrons. The fraction of sp³-hybridized carbons (Fsp3) is 0.925. The standard InChI is InChI=1S/C93H150O45/c1-14-37(4)48(126-55(102)27-42(98)26-49(38(5)15-2)128-81-63(110)58(105)47(16-3)127-81)25-41(97)28-56(103)131-70-40(7)125-83(74(66(70)113)136-80-65(112)61(108)69(39(6)124-80)132-79-68(115)71(46(100)33-122-79)133-85-76(116)92(120,35-96)36-123-85)138-86(119)93-24-23-87(8,9)29-44(93)43-17-18-52-88(10)21-20-54(89(11,34-95)51(88)19-22-90(52,12)91(43,13)30-53(93)101)130-84-75(137-82-64(111)60(107)59(106)50(31-94)129-82)72(67(114)73(135-84)77(117)118)134-78-62(109)57(104)45(99)32-121-78/h17,34,37-42,44-54,57-76,78-85,94,96-101,104-116,120H,14-16,18-33,35-36H2,1-13H3,(H,117,118)/t37-,38-,39?,40?,41-,42-,44?,45+,46?,47+,48-,49-,50?,51?,52?,53+,54-,57-,58?,59-,60-,61+,62?,63?,64?,65?,66?,67+,68-,69-,70+,71-,72-,73?,74+,75?,76+,78-,79?,80-,81-,82-,83-,84+,85-,88-,89-,90+,91+,92?,93+/m0/s1. The van der Waals surface area contributed by atoms with Gasteiger partial charge in [-0.15, -0.1) is 0 Å². The summed E-state index contributed by atoms with van der Waals surface area (Å²) in [6.07, 6.45) is -64.5. The SMILES string of the molecule is CC[C@H]1O[C@@H](O[C@@H](C[C@H](O)CC(=O)O[C@@H](C[C@H](O)CC(=O)O[C@@H]2C(C)O[C@@H](OC(=O)[C@]34CCC(C)(C)CC3C3=CCC5[C@@]6(C)CC[C@H](O[C@@H]7OC(C(=O)O)[C@H](O)[C@H](O[C@@H]8OC[C@@H](O)[C@H](O)C8O)C7O[C@@H]7OC(CO)[C@H](O)[C@H](O)C7O)[C@@](C)(C=O)C6CC[C@@]5(C)[C@]3(C)C[C@H]4O)[C@H](O[C@@H]3OC(C)[C@H](OC4OCC(O)[C@H](O[C@@H]5OCC(O)(CO)[C@@H]5O)[C@@H]4O)[C@H](O)C3O)C2O)[C@@H](C)CC)[C@@H](C)CC)C(O)C1O. The van der Waals surface area contributed by atoms with E-state index in [1.807, 2.05) is 27.7 Å². The first kappa shape index (κ1) is 111. The minimum absolute atomic E-state index is 0.0186. The van der Waals surface area contributed by atoms with Gasteiger partial charge in [-0.3, -0.25) is 14.4 Å². The molecule has 12 fully saturated rings. The van der Waals surface area contributed by atoms with Crippen LogP contribution in [0.5, 0.6) is 0 Å². The Labute approximate surface area is 799 Å². The Morgan fingerprint density at radius 2 is 1.08 bits per heavy atom. The van der Waals surface area contributed by atoms with Crippen LogP contribution in [-0.4, -0.2) is 427 Å². The third kappa shape index (κ3) is 21.4. The van der Waals surface area contributed by atoms with Gasteiger partial charge in [-0.2, -0.15) is 0 Å². The molecular weight excluding hydrogens is 1840 g/mol. The number of hydrogen-bond acceptors (Lipinski definition) is 44. The lowest BCUT2D eigenvalue weighted by Gasteiger charge is -2.71. The number of carboxylic acids is 1. The highest BCUT2D eigenvalue weighted by molar-refractivity contribution is 5.80. The van der Waals surface area contributed by atoms with Gasteiger partial charge in [-0.1, -0.05) is 101 Å². The summed E-state index contributed by atoms with van der Waals surface area (Å²) in [5.74, 6) is -7.09. The fourth-order valence-electron chi connectivity index (χ4n) is 24.3. The van der Waals surface area contributed by atoms with E-state index in [2.05, 4.69) is 26.8 Å². The zero-order chi connectivity index (χ0) is 101. The molecule has 0 aromatic heterocycles. The van der Waals surface area contributed by atoms with Gasteiger partial charge in [0.05, 0.1) is 100 Å². The van der Waals surface area contributed by atoms with Gasteiger partial charge in [0.25, 0.3) is 0 Å². The molecule has 5 aliphatic carbocycles. The number of ether oxygens (including phenoxy) is 18. The van der Waals surface area contributed by atoms with Crippen LogP contribution in [-0.2, 0) is 109 Å². The summed E-state index contributed by atoms with van der Waals surface area (Å²) in [4.78, 5) is 72.1. The molecule has 8 saturated heterocycles. The summed E-state index contributed by atoms with van der Waals surface area (Å²) >= 11 is 0. The van der Waals surface area contributed by atoms with Crippen molar-refractivity contribution in [3.05, 3.63) is 11.6 Å². The Kier molecular flexibility index (Phi) is 35.5. The molecular formula is C93H150O45. The van der Waals surface area contributed by atoms with Gasteiger partial charge in [0, 0.05) is 12.8 Å². The number of aliphatic hydroxyl groups is 21. The number of carbonyl (C=O) groups excluding carboxylic acids is 4. The van der Waals surface area contributed by atoms with Crippen LogP contribution >= 0.6 is 0 Å². The van der Waals surface area contributed by atoms with Crippen molar-refractivity contribution in [3.8, 4) is 0 Å². The van der Waals surface area contributed by atoms with Crippen LogP contribution < -0.4 is 0 Å². The molecule has 13 rings (SSSR count). The van der Waals surface area contributed by atoms with Crippen LogP contribution in [0.25, 0.3) is 0 Å². The molecule has 0 bridgehead atoms. The van der Waals surface area contributed by atoms with Crippen molar-refractivity contribution < 1.29 is 222 Å².